The number of non-ortho nitro benzene ring substituents is 1. The van der Waals surface area contributed by atoms with Crippen LogP contribution in [-0.2, 0) is 0 Å². The zero-order valence-corrected chi connectivity index (χ0v) is 16.8. The fourth-order valence-electron chi connectivity index (χ4n) is 2.91. The second kappa shape index (κ2) is 8.34. The van der Waals surface area contributed by atoms with E-state index in [1.54, 1.807) is 30.3 Å². The molecular weight excluding hydrogens is 401 g/mol. The summed E-state index contributed by atoms with van der Waals surface area (Å²) in [6, 6.07) is 20.7. The second-order valence-corrected chi connectivity index (χ2v) is 7.60. The Morgan fingerprint density at radius 1 is 1.00 bits per heavy atom. The monoisotopic (exact) mass is 417 g/mol. The molecule has 1 heterocycles. The Labute approximate surface area is 176 Å². The lowest BCUT2D eigenvalue weighted by molar-refractivity contribution is -0.384. The van der Waals surface area contributed by atoms with Crippen molar-refractivity contribution in [1.29, 1.82) is 0 Å². The van der Waals surface area contributed by atoms with Gasteiger partial charge >= 0.3 is 0 Å². The van der Waals surface area contributed by atoms with Gasteiger partial charge in [-0.15, -0.1) is 0 Å². The van der Waals surface area contributed by atoms with Gasteiger partial charge in [-0.05, 0) is 30.7 Å². The molecule has 0 aliphatic carbocycles. The molecule has 5 nitrogen and oxygen atoms in total. The lowest BCUT2D eigenvalue weighted by atomic mass is 10.1. The van der Waals surface area contributed by atoms with Crippen LogP contribution in [0.5, 0.6) is 0 Å². The molecule has 4 rings (SSSR count). The Morgan fingerprint density at radius 2 is 1.67 bits per heavy atom. The zero-order valence-electron chi connectivity index (χ0n) is 15.9. The van der Waals surface area contributed by atoms with E-state index in [1.807, 2.05) is 31.2 Å². The SMILES string of the molecule is Cc1ccc(-c2nc(N=Cc3ccccc3F)sc2-c2ccc([N+](=O)[O-])cc2)cc1. The van der Waals surface area contributed by atoms with Crippen LogP contribution >= 0.6 is 11.3 Å². The topological polar surface area (TPSA) is 68.4 Å². The summed E-state index contributed by atoms with van der Waals surface area (Å²) >= 11 is 1.35. The van der Waals surface area contributed by atoms with E-state index in [-0.39, 0.29) is 11.5 Å². The summed E-state index contributed by atoms with van der Waals surface area (Å²) in [5.41, 5.74) is 3.98. The van der Waals surface area contributed by atoms with Gasteiger partial charge in [0.15, 0.2) is 0 Å². The maximum absolute atomic E-state index is 13.9. The summed E-state index contributed by atoms with van der Waals surface area (Å²) in [6.07, 6.45) is 1.45. The minimum atomic E-state index is -0.429. The van der Waals surface area contributed by atoms with Crippen LogP contribution in [0, 0.1) is 22.9 Å². The first kappa shape index (κ1) is 19.6. The molecule has 0 bridgehead atoms. The molecule has 0 saturated heterocycles. The van der Waals surface area contributed by atoms with Crippen LogP contribution in [0.25, 0.3) is 21.7 Å². The molecule has 30 heavy (non-hydrogen) atoms. The minimum Gasteiger partial charge on any atom is -0.258 e. The Kier molecular flexibility index (Phi) is 5.45. The van der Waals surface area contributed by atoms with Crippen molar-refractivity contribution in [2.45, 2.75) is 6.92 Å². The maximum atomic E-state index is 13.9. The summed E-state index contributed by atoms with van der Waals surface area (Å²) in [6.45, 7) is 2.01. The van der Waals surface area contributed by atoms with Gasteiger partial charge in [0.2, 0.25) is 5.13 Å². The largest absolute Gasteiger partial charge is 0.269 e. The van der Waals surface area contributed by atoms with E-state index in [0.29, 0.717) is 10.7 Å². The van der Waals surface area contributed by atoms with E-state index in [9.17, 15) is 14.5 Å². The van der Waals surface area contributed by atoms with Crippen molar-refractivity contribution in [3.63, 3.8) is 0 Å². The number of hydrogen-bond acceptors (Lipinski definition) is 5. The van der Waals surface area contributed by atoms with Gasteiger partial charge in [0.1, 0.15) is 5.82 Å². The normalized spacial score (nSPS) is 11.1. The van der Waals surface area contributed by atoms with Crippen LogP contribution in [0.3, 0.4) is 0 Å². The van der Waals surface area contributed by atoms with E-state index < -0.39 is 4.92 Å². The molecule has 3 aromatic carbocycles. The molecule has 0 aliphatic heterocycles. The van der Waals surface area contributed by atoms with Crippen LogP contribution in [0.2, 0.25) is 0 Å². The van der Waals surface area contributed by atoms with Crippen molar-refractivity contribution in [2.75, 3.05) is 0 Å². The number of nitrogens with zero attached hydrogens (tertiary/aromatic N) is 3. The first-order valence-electron chi connectivity index (χ1n) is 9.12. The molecule has 0 spiro atoms. The Hall–Kier alpha value is -3.71. The summed E-state index contributed by atoms with van der Waals surface area (Å²) in [5, 5.41) is 11.4. The average molecular weight is 417 g/mol. The number of aryl methyl sites for hydroxylation is 1. The number of benzene rings is 3. The summed E-state index contributed by atoms with van der Waals surface area (Å²) in [5.74, 6) is -0.354. The van der Waals surface area contributed by atoms with Crippen LogP contribution in [0.15, 0.2) is 77.8 Å². The third-order valence-corrected chi connectivity index (χ3v) is 5.51. The van der Waals surface area contributed by atoms with Crippen LogP contribution in [-0.4, -0.2) is 16.1 Å². The maximum Gasteiger partial charge on any atom is 0.269 e. The zero-order chi connectivity index (χ0) is 21.1. The Bertz CT molecular complexity index is 1230. The number of hydrogen-bond donors (Lipinski definition) is 0. The fraction of sp³-hybridized carbons (Fsp3) is 0.0435. The highest BCUT2D eigenvalue weighted by Gasteiger charge is 2.16. The third-order valence-electron chi connectivity index (χ3n) is 4.50. The van der Waals surface area contributed by atoms with Crippen molar-refractivity contribution in [2.24, 2.45) is 4.99 Å². The quantitative estimate of drug-likeness (QED) is 0.209. The van der Waals surface area contributed by atoms with Crippen molar-refractivity contribution >= 4 is 28.4 Å². The second-order valence-electron chi connectivity index (χ2n) is 6.62. The third kappa shape index (κ3) is 4.16. The van der Waals surface area contributed by atoms with Gasteiger partial charge in [-0.1, -0.05) is 59.4 Å². The molecule has 0 N–H and O–H groups in total. The molecule has 0 unspecified atom stereocenters. The minimum absolute atomic E-state index is 0.0259. The van der Waals surface area contributed by atoms with Gasteiger partial charge in [0, 0.05) is 29.5 Å². The van der Waals surface area contributed by atoms with Crippen LogP contribution in [0.1, 0.15) is 11.1 Å². The molecule has 0 amide bonds. The first-order valence-corrected chi connectivity index (χ1v) is 9.94. The molecule has 1 aromatic heterocycles. The summed E-state index contributed by atoms with van der Waals surface area (Å²) < 4.78 is 13.9. The first-order chi connectivity index (χ1) is 14.5. The van der Waals surface area contributed by atoms with E-state index >= 15 is 0 Å². The Balaban J connectivity index is 1.78. The number of halogens is 1. The molecule has 7 heteroatoms. The smallest absolute Gasteiger partial charge is 0.258 e. The number of aromatic nitrogens is 1. The van der Waals surface area contributed by atoms with Gasteiger partial charge in [0.05, 0.1) is 15.5 Å². The fourth-order valence-corrected chi connectivity index (χ4v) is 3.84. The Morgan fingerprint density at radius 3 is 2.33 bits per heavy atom. The lowest BCUT2D eigenvalue weighted by Gasteiger charge is -2.03. The number of thiazole rings is 1. The van der Waals surface area contributed by atoms with Crippen LogP contribution < -0.4 is 0 Å². The summed E-state index contributed by atoms with van der Waals surface area (Å²) in [7, 11) is 0. The molecule has 4 aromatic rings. The number of nitro benzene ring substituents is 1. The van der Waals surface area contributed by atoms with Crippen molar-refractivity contribution in [1.82, 2.24) is 4.98 Å². The number of rotatable bonds is 5. The van der Waals surface area contributed by atoms with Gasteiger partial charge in [-0.25, -0.2) is 14.4 Å². The highest BCUT2D eigenvalue weighted by atomic mass is 32.1. The van der Waals surface area contributed by atoms with E-state index in [4.69, 9.17) is 0 Å². The van der Waals surface area contributed by atoms with E-state index in [0.717, 1.165) is 27.3 Å². The average Bonchev–Trinajstić information content (AvgIpc) is 3.18. The highest BCUT2D eigenvalue weighted by Crippen LogP contribution is 2.40. The van der Waals surface area contributed by atoms with E-state index in [1.165, 1.54) is 35.8 Å². The van der Waals surface area contributed by atoms with E-state index in [2.05, 4.69) is 9.98 Å². The predicted octanol–water partition coefficient (Wildman–Crippen LogP) is 6.58. The highest BCUT2D eigenvalue weighted by molar-refractivity contribution is 7.19. The van der Waals surface area contributed by atoms with Gasteiger partial charge in [0.25, 0.3) is 5.69 Å². The molecular formula is C23H16FN3O2S. The van der Waals surface area contributed by atoms with Crippen molar-refractivity contribution in [3.05, 3.63) is 99.9 Å². The van der Waals surface area contributed by atoms with Gasteiger partial charge in [-0.2, -0.15) is 0 Å². The molecule has 0 fully saturated rings. The molecule has 0 saturated carbocycles. The standard InChI is InChI=1S/C23H16FN3O2S/c1-15-6-8-16(9-7-15)21-22(17-10-12-19(13-11-17)27(28)29)30-23(26-21)25-14-18-4-2-3-5-20(18)24/h2-14H,1H3. The van der Waals surface area contributed by atoms with Crippen molar-refractivity contribution in [3.8, 4) is 21.7 Å². The summed E-state index contributed by atoms with van der Waals surface area (Å²) in [4.78, 5) is 20.4. The predicted molar refractivity (Wildman–Crippen MR) is 118 cm³/mol. The number of aliphatic imine (C=N–C) groups is 1. The van der Waals surface area contributed by atoms with Gasteiger partial charge in [-0.3, -0.25) is 10.1 Å². The molecule has 0 atom stereocenters. The molecule has 0 aliphatic rings. The van der Waals surface area contributed by atoms with Crippen molar-refractivity contribution < 1.29 is 9.31 Å². The van der Waals surface area contributed by atoms with Crippen LogP contribution in [0.4, 0.5) is 15.2 Å². The molecule has 148 valence electrons. The lowest BCUT2D eigenvalue weighted by Crippen LogP contribution is -1.87. The number of nitro groups is 1. The van der Waals surface area contributed by atoms with Gasteiger partial charge < -0.3 is 0 Å². The molecule has 0 radical (unpaired) electrons.